The summed E-state index contributed by atoms with van der Waals surface area (Å²) in [5.41, 5.74) is 2.23. The summed E-state index contributed by atoms with van der Waals surface area (Å²) in [7, 11) is 1.72. The third-order valence-corrected chi connectivity index (χ3v) is 4.06. The van der Waals surface area contributed by atoms with Gasteiger partial charge in [-0.25, -0.2) is 0 Å². The van der Waals surface area contributed by atoms with Crippen LogP contribution >= 0.6 is 0 Å². The number of hydrogen-bond donors (Lipinski definition) is 2. The highest BCUT2D eigenvalue weighted by Crippen LogP contribution is 2.19. The van der Waals surface area contributed by atoms with Gasteiger partial charge in [0, 0.05) is 19.5 Å². The summed E-state index contributed by atoms with van der Waals surface area (Å²) in [5, 5.41) is 10.0. The predicted molar refractivity (Wildman–Crippen MR) is 90.5 cm³/mol. The maximum absolute atomic E-state index is 12.5. The van der Waals surface area contributed by atoms with E-state index in [2.05, 4.69) is 15.7 Å². The van der Waals surface area contributed by atoms with Crippen LogP contribution in [0.4, 0.5) is 0 Å². The maximum atomic E-state index is 12.5. The van der Waals surface area contributed by atoms with Crippen LogP contribution in [0.2, 0.25) is 0 Å². The number of carbonyl (C=O) groups excluding carboxylic acids is 2. The Hall–Kier alpha value is -2.63. The van der Waals surface area contributed by atoms with Crippen molar-refractivity contribution in [3.8, 4) is 0 Å². The van der Waals surface area contributed by atoms with Gasteiger partial charge in [-0.3, -0.25) is 14.3 Å². The van der Waals surface area contributed by atoms with Gasteiger partial charge < -0.3 is 10.6 Å². The van der Waals surface area contributed by atoms with Crippen LogP contribution in [0.15, 0.2) is 36.4 Å². The fourth-order valence-corrected chi connectivity index (χ4v) is 2.64. The third-order valence-electron chi connectivity index (χ3n) is 4.06. The number of benzene rings is 1. The van der Waals surface area contributed by atoms with Crippen LogP contribution in [0.1, 0.15) is 34.6 Å². The molecule has 1 aliphatic rings. The molecule has 24 heavy (non-hydrogen) atoms. The Balaban J connectivity index is 1.74. The SMILES string of the molecule is Cc1cc(C(=O)N[C@@H](Cc2ccccc2)C(=O)NC2CC2)n(C)n1. The molecule has 3 rings (SSSR count). The lowest BCUT2D eigenvalue weighted by Gasteiger charge is -2.18. The van der Waals surface area contributed by atoms with E-state index in [0.717, 1.165) is 24.1 Å². The van der Waals surface area contributed by atoms with Crippen molar-refractivity contribution in [2.75, 3.05) is 0 Å². The Morgan fingerprint density at radius 2 is 2.00 bits per heavy atom. The number of hydrogen-bond acceptors (Lipinski definition) is 3. The zero-order chi connectivity index (χ0) is 17.1. The standard InChI is InChI=1S/C18H22N4O2/c1-12-10-16(22(2)21-12)18(24)20-15(17(23)19-14-8-9-14)11-13-6-4-3-5-7-13/h3-7,10,14-15H,8-9,11H2,1-2H3,(H,19,23)(H,20,24)/t15-/m0/s1. The largest absolute Gasteiger partial charge is 0.352 e. The summed E-state index contributed by atoms with van der Waals surface area (Å²) >= 11 is 0. The first kappa shape index (κ1) is 16.2. The van der Waals surface area contributed by atoms with Crippen molar-refractivity contribution < 1.29 is 9.59 Å². The number of nitrogens with one attached hydrogen (secondary N) is 2. The first-order valence-electron chi connectivity index (χ1n) is 8.19. The van der Waals surface area contributed by atoms with Gasteiger partial charge in [-0.2, -0.15) is 5.10 Å². The molecule has 1 aromatic carbocycles. The van der Waals surface area contributed by atoms with Gasteiger partial charge in [-0.05, 0) is 31.4 Å². The van der Waals surface area contributed by atoms with E-state index in [1.807, 2.05) is 37.3 Å². The molecule has 1 atom stereocenters. The number of nitrogens with zero attached hydrogens (tertiary/aromatic N) is 2. The van der Waals surface area contributed by atoms with Gasteiger partial charge >= 0.3 is 0 Å². The Bertz CT molecular complexity index is 735. The van der Waals surface area contributed by atoms with E-state index in [1.54, 1.807) is 13.1 Å². The lowest BCUT2D eigenvalue weighted by molar-refractivity contribution is -0.123. The molecule has 1 aliphatic carbocycles. The first-order valence-corrected chi connectivity index (χ1v) is 8.19. The van der Waals surface area contributed by atoms with E-state index in [-0.39, 0.29) is 17.9 Å². The quantitative estimate of drug-likeness (QED) is 0.841. The summed E-state index contributed by atoms with van der Waals surface area (Å²) in [6.07, 6.45) is 2.49. The molecule has 0 bridgehead atoms. The second-order valence-electron chi connectivity index (χ2n) is 6.29. The van der Waals surface area contributed by atoms with Gasteiger partial charge in [0.05, 0.1) is 5.69 Å². The molecule has 1 saturated carbocycles. The predicted octanol–water partition coefficient (Wildman–Crippen LogP) is 1.35. The number of aryl methyl sites for hydroxylation is 2. The number of aromatic nitrogens is 2. The average Bonchev–Trinajstić information content (AvgIpc) is 3.30. The maximum Gasteiger partial charge on any atom is 0.270 e. The normalized spacial score (nSPS) is 14.9. The zero-order valence-corrected chi connectivity index (χ0v) is 14.0. The van der Waals surface area contributed by atoms with E-state index >= 15 is 0 Å². The van der Waals surface area contributed by atoms with Crippen molar-refractivity contribution in [1.29, 1.82) is 0 Å². The molecule has 0 aliphatic heterocycles. The van der Waals surface area contributed by atoms with Gasteiger partial charge in [-0.15, -0.1) is 0 Å². The minimum absolute atomic E-state index is 0.131. The van der Waals surface area contributed by atoms with Crippen LogP contribution < -0.4 is 10.6 Å². The smallest absolute Gasteiger partial charge is 0.270 e. The molecule has 126 valence electrons. The monoisotopic (exact) mass is 326 g/mol. The average molecular weight is 326 g/mol. The molecule has 6 nitrogen and oxygen atoms in total. The molecule has 1 fully saturated rings. The minimum atomic E-state index is -0.601. The molecule has 2 N–H and O–H groups in total. The van der Waals surface area contributed by atoms with Gasteiger partial charge in [0.15, 0.2) is 0 Å². The van der Waals surface area contributed by atoms with Gasteiger partial charge in [0.25, 0.3) is 5.91 Å². The van der Waals surface area contributed by atoms with Crippen molar-refractivity contribution in [2.24, 2.45) is 7.05 Å². The number of carbonyl (C=O) groups is 2. The van der Waals surface area contributed by atoms with Crippen molar-refractivity contribution in [3.05, 3.63) is 53.3 Å². The summed E-state index contributed by atoms with van der Waals surface area (Å²) < 4.78 is 1.53. The fraction of sp³-hybridized carbons (Fsp3) is 0.389. The molecule has 0 unspecified atom stereocenters. The second-order valence-corrected chi connectivity index (χ2v) is 6.29. The molecule has 1 aromatic heterocycles. The lowest BCUT2D eigenvalue weighted by atomic mass is 10.0. The van der Waals surface area contributed by atoms with Crippen LogP contribution in [0.3, 0.4) is 0 Å². The van der Waals surface area contributed by atoms with E-state index in [4.69, 9.17) is 0 Å². The minimum Gasteiger partial charge on any atom is -0.352 e. The lowest BCUT2D eigenvalue weighted by Crippen LogP contribution is -2.49. The Labute approximate surface area is 141 Å². The Morgan fingerprint density at radius 1 is 1.29 bits per heavy atom. The zero-order valence-electron chi connectivity index (χ0n) is 14.0. The van der Waals surface area contributed by atoms with Crippen LogP contribution in [0, 0.1) is 6.92 Å². The van der Waals surface area contributed by atoms with Gasteiger partial charge in [0.2, 0.25) is 5.91 Å². The molecule has 2 aromatic rings. The Morgan fingerprint density at radius 3 is 2.58 bits per heavy atom. The van der Waals surface area contributed by atoms with Crippen LogP contribution in [-0.2, 0) is 18.3 Å². The molecular formula is C18H22N4O2. The molecule has 6 heteroatoms. The van der Waals surface area contributed by atoms with E-state index in [1.165, 1.54) is 4.68 Å². The number of rotatable bonds is 6. The van der Waals surface area contributed by atoms with Gasteiger partial charge in [-0.1, -0.05) is 30.3 Å². The molecule has 2 amide bonds. The molecule has 0 radical (unpaired) electrons. The van der Waals surface area contributed by atoms with Crippen LogP contribution in [-0.4, -0.2) is 33.7 Å². The topological polar surface area (TPSA) is 76.0 Å². The molecular weight excluding hydrogens is 304 g/mol. The third kappa shape index (κ3) is 4.01. The molecule has 1 heterocycles. The van der Waals surface area contributed by atoms with Crippen LogP contribution in [0.25, 0.3) is 0 Å². The summed E-state index contributed by atoms with van der Waals surface area (Å²) in [4.78, 5) is 25.0. The van der Waals surface area contributed by atoms with Crippen LogP contribution in [0.5, 0.6) is 0 Å². The highest BCUT2D eigenvalue weighted by Gasteiger charge is 2.29. The first-order chi connectivity index (χ1) is 11.5. The number of amides is 2. The molecule has 0 spiro atoms. The molecule has 0 saturated heterocycles. The summed E-state index contributed by atoms with van der Waals surface area (Å²) in [6.45, 7) is 1.83. The van der Waals surface area contributed by atoms with E-state index < -0.39 is 6.04 Å². The summed E-state index contributed by atoms with van der Waals surface area (Å²) in [5.74, 6) is -0.418. The van der Waals surface area contributed by atoms with E-state index in [9.17, 15) is 9.59 Å². The van der Waals surface area contributed by atoms with Crippen molar-refractivity contribution >= 4 is 11.8 Å². The van der Waals surface area contributed by atoms with Crippen molar-refractivity contribution in [3.63, 3.8) is 0 Å². The van der Waals surface area contributed by atoms with Gasteiger partial charge in [0.1, 0.15) is 11.7 Å². The van der Waals surface area contributed by atoms with Crippen molar-refractivity contribution in [1.82, 2.24) is 20.4 Å². The summed E-state index contributed by atoms with van der Waals surface area (Å²) in [6, 6.07) is 11.1. The highest BCUT2D eigenvalue weighted by molar-refractivity contribution is 5.96. The van der Waals surface area contributed by atoms with E-state index in [0.29, 0.717) is 12.1 Å². The highest BCUT2D eigenvalue weighted by atomic mass is 16.2. The van der Waals surface area contributed by atoms with Crippen molar-refractivity contribution in [2.45, 2.75) is 38.3 Å². The second kappa shape index (κ2) is 6.86. The fourth-order valence-electron chi connectivity index (χ4n) is 2.64. The Kier molecular flexibility index (Phi) is 4.64.